The Morgan fingerprint density at radius 2 is 1.21 bits per heavy atom. The van der Waals surface area contributed by atoms with Crippen molar-refractivity contribution in [3.05, 3.63) is 34.4 Å². The number of carbonyl (C=O) groups excluding carboxylic acids is 2. The quantitative estimate of drug-likeness (QED) is 0.637. The van der Waals surface area contributed by atoms with Gasteiger partial charge in [-0.25, -0.2) is 0 Å². The van der Waals surface area contributed by atoms with Gasteiger partial charge in [0.15, 0.2) is 11.6 Å². The summed E-state index contributed by atoms with van der Waals surface area (Å²) < 4.78 is 0. The Balaban J connectivity index is 2.52. The molecule has 0 fully saturated rings. The molecule has 2 aliphatic rings. The van der Waals surface area contributed by atoms with Crippen molar-refractivity contribution in [2.24, 2.45) is 11.8 Å². The van der Waals surface area contributed by atoms with Gasteiger partial charge < -0.3 is 0 Å². The number of allylic oxidation sites excluding steroid dienone is 6. The average Bonchev–Trinajstić information content (AvgIpc) is 2.23. The van der Waals surface area contributed by atoms with Crippen molar-refractivity contribution in [1.29, 1.82) is 0 Å². The minimum absolute atomic E-state index is 0.141. The van der Waals surface area contributed by atoms with Gasteiger partial charge in [0.2, 0.25) is 0 Å². The number of Topliss-reactive ketones (excluding diaryl/α,β-unsaturated/α-hetero) is 2. The molecule has 2 unspecified atom stereocenters. The van der Waals surface area contributed by atoms with E-state index in [9.17, 15) is 9.59 Å². The molecule has 0 saturated carbocycles. The molecule has 0 amide bonds. The van der Waals surface area contributed by atoms with Crippen molar-refractivity contribution < 1.29 is 9.59 Å². The Bertz CT molecular complexity index is 366. The van der Waals surface area contributed by atoms with Gasteiger partial charge in [0, 0.05) is 0 Å². The number of rotatable bonds is 0. The molecule has 0 saturated heterocycles. The molecule has 0 aliphatic heterocycles. The van der Waals surface area contributed by atoms with Gasteiger partial charge in [0.05, 0.1) is 11.8 Å². The number of fused-ring (bicyclic) bond motifs is 1. The van der Waals surface area contributed by atoms with Crippen LogP contribution in [0.3, 0.4) is 0 Å². The monoisotopic (exact) mass is 228 g/mol. The standard InChI is InChI=1S/C10H6Cl2O2/c11-7-8(12)10(14)6-4-2-1-3-5(6)9(7)13/h1-6H. The van der Waals surface area contributed by atoms with E-state index in [1.54, 1.807) is 24.3 Å². The number of ketones is 2. The third-order valence-electron chi connectivity index (χ3n) is 2.37. The molecule has 0 spiro atoms. The number of carbonyl (C=O) groups is 2. The van der Waals surface area contributed by atoms with Gasteiger partial charge in [0.1, 0.15) is 10.1 Å². The molecule has 2 aliphatic carbocycles. The first-order valence-electron chi connectivity index (χ1n) is 4.11. The van der Waals surface area contributed by atoms with Crippen LogP contribution in [0.4, 0.5) is 0 Å². The zero-order chi connectivity index (χ0) is 10.3. The Morgan fingerprint density at radius 3 is 1.57 bits per heavy atom. The molecule has 0 aromatic rings. The zero-order valence-corrected chi connectivity index (χ0v) is 8.55. The largest absolute Gasteiger partial charge is 0.292 e. The minimum atomic E-state index is -0.470. The molecule has 2 rings (SSSR count). The van der Waals surface area contributed by atoms with Crippen molar-refractivity contribution in [2.45, 2.75) is 0 Å². The minimum Gasteiger partial charge on any atom is -0.292 e. The second kappa shape index (κ2) is 3.37. The highest BCUT2D eigenvalue weighted by Gasteiger charge is 2.40. The van der Waals surface area contributed by atoms with Gasteiger partial charge in [-0.15, -0.1) is 0 Å². The third kappa shape index (κ3) is 1.26. The lowest BCUT2D eigenvalue weighted by molar-refractivity contribution is -0.126. The lowest BCUT2D eigenvalue weighted by Gasteiger charge is -2.25. The average molecular weight is 229 g/mol. The van der Waals surface area contributed by atoms with Crippen LogP contribution in [0.15, 0.2) is 34.4 Å². The van der Waals surface area contributed by atoms with Crippen LogP contribution in [-0.4, -0.2) is 11.6 Å². The summed E-state index contributed by atoms with van der Waals surface area (Å²) in [4.78, 5) is 23.2. The van der Waals surface area contributed by atoms with E-state index >= 15 is 0 Å². The van der Waals surface area contributed by atoms with Gasteiger partial charge in [-0.3, -0.25) is 9.59 Å². The molecule has 0 aromatic heterocycles. The maximum Gasteiger partial charge on any atom is 0.183 e. The summed E-state index contributed by atoms with van der Waals surface area (Å²) >= 11 is 11.3. The fourth-order valence-corrected chi connectivity index (χ4v) is 2.06. The molecule has 0 aromatic carbocycles. The number of hydrogen-bond donors (Lipinski definition) is 0. The predicted molar refractivity (Wildman–Crippen MR) is 54.0 cm³/mol. The first-order valence-corrected chi connectivity index (χ1v) is 4.87. The third-order valence-corrected chi connectivity index (χ3v) is 3.21. The van der Waals surface area contributed by atoms with Crippen LogP contribution in [0.2, 0.25) is 0 Å². The van der Waals surface area contributed by atoms with Crippen molar-refractivity contribution in [2.75, 3.05) is 0 Å². The summed E-state index contributed by atoms with van der Waals surface area (Å²) in [6, 6.07) is 0. The van der Waals surface area contributed by atoms with Crippen molar-refractivity contribution in [3.63, 3.8) is 0 Å². The molecule has 2 atom stereocenters. The van der Waals surface area contributed by atoms with E-state index < -0.39 is 11.8 Å². The van der Waals surface area contributed by atoms with E-state index in [4.69, 9.17) is 23.2 Å². The maximum absolute atomic E-state index is 11.6. The van der Waals surface area contributed by atoms with Crippen LogP contribution in [0.5, 0.6) is 0 Å². The van der Waals surface area contributed by atoms with Crippen molar-refractivity contribution >= 4 is 34.8 Å². The molecule has 0 heterocycles. The van der Waals surface area contributed by atoms with E-state index in [1.165, 1.54) is 0 Å². The summed E-state index contributed by atoms with van der Waals surface area (Å²) in [7, 11) is 0. The summed E-state index contributed by atoms with van der Waals surface area (Å²) in [5.41, 5.74) is 0. The molecular formula is C10H6Cl2O2. The fraction of sp³-hybridized carbons (Fsp3) is 0.200. The highest BCUT2D eigenvalue weighted by molar-refractivity contribution is 6.56. The van der Waals surface area contributed by atoms with Crippen LogP contribution in [0, 0.1) is 11.8 Å². The van der Waals surface area contributed by atoms with Gasteiger partial charge in [-0.2, -0.15) is 0 Å². The highest BCUT2D eigenvalue weighted by Crippen LogP contribution is 2.35. The van der Waals surface area contributed by atoms with E-state index in [-0.39, 0.29) is 21.6 Å². The lowest BCUT2D eigenvalue weighted by atomic mass is 9.78. The van der Waals surface area contributed by atoms with Crippen LogP contribution in [-0.2, 0) is 9.59 Å². The SMILES string of the molecule is O=C1C(Cl)=C(Cl)C(=O)C2C=CC=CC12. The van der Waals surface area contributed by atoms with Crippen molar-refractivity contribution in [3.8, 4) is 0 Å². The normalized spacial score (nSPS) is 31.0. The molecule has 2 nitrogen and oxygen atoms in total. The smallest absolute Gasteiger partial charge is 0.183 e. The van der Waals surface area contributed by atoms with E-state index in [0.717, 1.165) is 0 Å². The van der Waals surface area contributed by atoms with Crippen LogP contribution < -0.4 is 0 Å². The fourth-order valence-electron chi connectivity index (χ4n) is 1.62. The summed E-state index contributed by atoms with van der Waals surface area (Å²) in [5, 5.41) is -0.282. The van der Waals surface area contributed by atoms with Crippen LogP contribution in [0.1, 0.15) is 0 Å². The van der Waals surface area contributed by atoms with Crippen LogP contribution in [0.25, 0.3) is 0 Å². The molecule has 0 N–H and O–H groups in total. The molecule has 0 bridgehead atoms. The summed E-state index contributed by atoms with van der Waals surface area (Å²) in [6.45, 7) is 0. The van der Waals surface area contributed by atoms with Gasteiger partial charge in [-0.1, -0.05) is 47.5 Å². The van der Waals surface area contributed by atoms with Crippen LogP contribution >= 0.6 is 23.2 Å². The van der Waals surface area contributed by atoms with E-state index in [1.807, 2.05) is 0 Å². The Labute approximate surface area is 90.9 Å². The summed E-state index contributed by atoms with van der Waals surface area (Å²) in [6.07, 6.45) is 6.82. The van der Waals surface area contributed by atoms with E-state index in [0.29, 0.717) is 0 Å². The molecule has 4 heteroatoms. The second-order valence-corrected chi connectivity index (χ2v) is 3.93. The zero-order valence-electron chi connectivity index (χ0n) is 7.04. The molecule has 14 heavy (non-hydrogen) atoms. The molecular weight excluding hydrogens is 223 g/mol. The van der Waals surface area contributed by atoms with E-state index in [2.05, 4.69) is 0 Å². The first-order chi connectivity index (χ1) is 6.63. The predicted octanol–water partition coefficient (Wildman–Crippen LogP) is 2.19. The molecule has 0 radical (unpaired) electrons. The number of halogens is 2. The lowest BCUT2D eigenvalue weighted by Crippen LogP contribution is -2.34. The second-order valence-electron chi connectivity index (χ2n) is 3.18. The highest BCUT2D eigenvalue weighted by atomic mass is 35.5. The number of hydrogen-bond acceptors (Lipinski definition) is 2. The maximum atomic E-state index is 11.6. The summed E-state index contributed by atoms with van der Waals surface area (Å²) in [5.74, 6) is -1.49. The van der Waals surface area contributed by atoms with Gasteiger partial charge in [-0.05, 0) is 0 Å². The Morgan fingerprint density at radius 1 is 0.857 bits per heavy atom. The van der Waals surface area contributed by atoms with Gasteiger partial charge >= 0.3 is 0 Å². The van der Waals surface area contributed by atoms with Gasteiger partial charge in [0.25, 0.3) is 0 Å². The topological polar surface area (TPSA) is 34.1 Å². The first kappa shape index (κ1) is 9.69. The Hall–Kier alpha value is -0.860. The molecule has 72 valence electrons. The Kier molecular flexibility index (Phi) is 2.33. The van der Waals surface area contributed by atoms with Crippen molar-refractivity contribution in [1.82, 2.24) is 0 Å².